The summed E-state index contributed by atoms with van der Waals surface area (Å²) in [6.07, 6.45) is 5.21. The fraction of sp³-hybridized carbons (Fsp3) is 0.306. The summed E-state index contributed by atoms with van der Waals surface area (Å²) in [4.78, 5) is 29.3. The summed E-state index contributed by atoms with van der Waals surface area (Å²) < 4.78 is 11.0. The van der Waals surface area contributed by atoms with Crippen molar-refractivity contribution in [2.24, 2.45) is 0 Å². The first-order valence-corrected chi connectivity index (χ1v) is 16.8. The minimum atomic E-state index is 0.0762. The first kappa shape index (κ1) is 31.9. The number of fused-ring (bicyclic) bond motifs is 1. The molecular weight excluding hydrogens is 618 g/mol. The Morgan fingerprint density at radius 1 is 0.891 bits per heavy atom. The predicted octanol–water partition coefficient (Wildman–Crippen LogP) is 6.47. The van der Waals surface area contributed by atoms with E-state index in [1.165, 1.54) is 28.5 Å². The molecule has 10 heteroatoms. The van der Waals surface area contributed by atoms with Crippen molar-refractivity contribution in [1.82, 2.24) is 19.8 Å². The van der Waals surface area contributed by atoms with Crippen LogP contribution in [0.1, 0.15) is 32.6 Å². The van der Waals surface area contributed by atoms with Crippen molar-refractivity contribution >= 4 is 41.2 Å². The van der Waals surface area contributed by atoms with Gasteiger partial charge in [-0.2, -0.15) is 0 Å². The lowest BCUT2D eigenvalue weighted by Gasteiger charge is -2.34. The van der Waals surface area contributed by atoms with Gasteiger partial charge in [-0.15, -0.1) is 0 Å². The molecule has 3 aromatic carbocycles. The molecule has 4 aromatic rings. The van der Waals surface area contributed by atoms with Gasteiger partial charge in [0.1, 0.15) is 11.0 Å². The normalized spacial score (nSPS) is 15.2. The Kier molecular flexibility index (Phi) is 10.4. The van der Waals surface area contributed by atoms with E-state index in [0.29, 0.717) is 28.2 Å². The summed E-state index contributed by atoms with van der Waals surface area (Å²) >= 11 is 7.99. The average Bonchev–Trinajstić information content (AvgIpc) is 3.10. The maximum atomic E-state index is 13.4. The second-order valence-electron chi connectivity index (χ2n) is 11.4. The third-order valence-electron chi connectivity index (χ3n) is 8.38. The van der Waals surface area contributed by atoms with Gasteiger partial charge in [-0.25, -0.2) is 9.97 Å². The summed E-state index contributed by atoms with van der Waals surface area (Å²) in [5.41, 5.74) is 5.38. The third kappa shape index (κ3) is 7.84. The number of halogens is 1. The zero-order chi connectivity index (χ0) is 31.9. The van der Waals surface area contributed by atoms with E-state index in [9.17, 15) is 4.79 Å². The number of carbonyl (C=O) groups excluding carboxylic acids is 1. The van der Waals surface area contributed by atoms with Crippen molar-refractivity contribution in [3.8, 4) is 11.5 Å². The van der Waals surface area contributed by atoms with Gasteiger partial charge in [-0.3, -0.25) is 9.69 Å². The van der Waals surface area contributed by atoms with Crippen molar-refractivity contribution < 1.29 is 14.3 Å². The van der Waals surface area contributed by atoms with Crippen molar-refractivity contribution in [2.75, 3.05) is 58.4 Å². The lowest BCUT2D eigenvalue weighted by molar-refractivity contribution is 0.0650. The topological polar surface area (TPSA) is 71.0 Å². The van der Waals surface area contributed by atoms with Crippen LogP contribution in [0.15, 0.2) is 84.0 Å². The fourth-order valence-electron chi connectivity index (χ4n) is 5.85. The zero-order valence-corrected chi connectivity index (χ0v) is 27.8. The van der Waals surface area contributed by atoms with Gasteiger partial charge < -0.3 is 19.3 Å². The van der Waals surface area contributed by atoms with Crippen LogP contribution in [-0.2, 0) is 18.7 Å². The van der Waals surface area contributed by atoms with Gasteiger partial charge in [0.05, 0.1) is 14.2 Å². The van der Waals surface area contributed by atoms with Crippen molar-refractivity contribution in [2.45, 2.75) is 23.9 Å². The predicted molar refractivity (Wildman–Crippen MR) is 185 cm³/mol. The van der Waals surface area contributed by atoms with E-state index in [4.69, 9.17) is 26.1 Å². The number of aromatic nitrogens is 2. The highest BCUT2D eigenvalue weighted by Crippen LogP contribution is 2.35. The summed E-state index contributed by atoms with van der Waals surface area (Å²) in [6, 6.07) is 24.1. The van der Waals surface area contributed by atoms with Crippen LogP contribution < -0.4 is 14.4 Å². The number of anilines is 1. The van der Waals surface area contributed by atoms with Gasteiger partial charge >= 0.3 is 0 Å². The average molecular weight is 656 g/mol. The maximum Gasteiger partial charge on any atom is 0.253 e. The Labute approximate surface area is 280 Å². The minimum absolute atomic E-state index is 0.0762. The Bertz CT molecular complexity index is 1690. The van der Waals surface area contributed by atoms with Crippen LogP contribution in [0.25, 0.3) is 6.08 Å². The van der Waals surface area contributed by atoms with Crippen molar-refractivity contribution in [3.63, 3.8) is 0 Å². The summed E-state index contributed by atoms with van der Waals surface area (Å²) in [6.45, 7) is 5.54. The van der Waals surface area contributed by atoms with Crippen LogP contribution in [0.3, 0.4) is 0 Å². The molecule has 1 saturated heterocycles. The SMILES string of the molecule is COc1cc2c(cc1OC)CN(c1cc(Cl)nc(SCc3cccc(C(=O)N4CCN(CC=Cc5ccccc5)CC4)c3)n1)CC2. The van der Waals surface area contributed by atoms with Gasteiger partial charge in [0.25, 0.3) is 5.91 Å². The van der Waals surface area contributed by atoms with Gasteiger partial charge in [0.15, 0.2) is 16.7 Å². The van der Waals surface area contributed by atoms with Crippen LogP contribution in [0.2, 0.25) is 5.15 Å². The van der Waals surface area contributed by atoms with E-state index in [1.54, 1.807) is 14.2 Å². The Morgan fingerprint density at radius 3 is 2.41 bits per heavy atom. The summed E-state index contributed by atoms with van der Waals surface area (Å²) in [5, 5.41) is 1.01. The molecule has 6 rings (SSSR count). The molecule has 0 saturated carbocycles. The number of carbonyl (C=O) groups is 1. The highest BCUT2D eigenvalue weighted by molar-refractivity contribution is 7.98. The highest BCUT2D eigenvalue weighted by Gasteiger charge is 2.23. The number of hydrogen-bond acceptors (Lipinski definition) is 8. The second-order valence-corrected chi connectivity index (χ2v) is 12.7. The minimum Gasteiger partial charge on any atom is -0.493 e. The number of hydrogen-bond donors (Lipinski definition) is 0. The summed E-state index contributed by atoms with van der Waals surface area (Å²) in [5.74, 6) is 2.96. The standard InChI is InChI=1S/C36H38ClN5O3S/c1-44-31-21-28-13-15-42(24-30(28)22-32(31)45-2)34-23-33(37)38-36(39-34)46-25-27-10-6-12-29(20-27)35(43)41-18-16-40(17-19-41)14-7-11-26-8-4-3-5-9-26/h3-12,20-23H,13-19,24-25H2,1-2H3. The highest BCUT2D eigenvalue weighted by atomic mass is 35.5. The largest absolute Gasteiger partial charge is 0.493 e. The molecule has 8 nitrogen and oxygen atoms in total. The molecule has 0 unspecified atom stereocenters. The molecule has 0 bridgehead atoms. The van der Waals surface area contributed by atoms with Crippen LogP contribution >= 0.6 is 23.4 Å². The number of ether oxygens (including phenoxy) is 2. The number of nitrogens with zero attached hydrogens (tertiary/aromatic N) is 5. The molecule has 1 amide bonds. The number of thioether (sulfide) groups is 1. The van der Waals surface area contributed by atoms with Crippen molar-refractivity contribution in [1.29, 1.82) is 0 Å². The number of amides is 1. The molecule has 0 atom stereocenters. The molecule has 46 heavy (non-hydrogen) atoms. The van der Waals surface area contributed by atoms with Crippen molar-refractivity contribution in [3.05, 3.63) is 112 Å². The fourth-order valence-corrected chi connectivity index (χ4v) is 6.87. The molecule has 1 aromatic heterocycles. The molecule has 3 heterocycles. The van der Waals surface area contributed by atoms with E-state index < -0.39 is 0 Å². The molecule has 0 N–H and O–H groups in total. The number of piperazine rings is 1. The number of rotatable bonds is 10. The number of methoxy groups -OCH3 is 2. The Balaban J connectivity index is 1.04. The van der Waals surface area contributed by atoms with Crippen LogP contribution in [0, 0.1) is 0 Å². The lowest BCUT2D eigenvalue weighted by atomic mass is 9.99. The monoisotopic (exact) mass is 655 g/mol. The lowest BCUT2D eigenvalue weighted by Crippen LogP contribution is -2.48. The van der Waals surface area contributed by atoms with E-state index in [1.807, 2.05) is 59.5 Å². The third-order valence-corrected chi connectivity index (χ3v) is 9.49. The van der Waals surface area contributed by atoms with Gasteiger partial charge in [-0.1, -0.05) is 78.0 Å². The maximum absolute atomic E-state index is 13.4. The van der Waals surface area contributed by atoms with E-state index in [0.717, 1.165) is 68.6 Å². The zero-order valence-electron chi connectivity index (χ0n) is 26.2. The molecule has 0 spiro atoms. The van der Waals surface area contributed by atoms with E-state index in [-0.39, 0.29) is 5.91 Å². The quantitative estimate of drug-likeness (QED) is 0.109. The van der Waals surface area contributed by atoms with Gasteiger partial charge in [0, 0.05) is 63.2 Å². The smallest absolute Gasteiger partial charge is 0.253 e. The molecule has 2 aliphatic heterocycles. The van der Waals surface area contributed by atoms with E-state index >= 15 is 0 Å². The summed E-state index contributed by atoms with van der Waals surface area (Å²) in [7, 11) is 3.31. The first-order chi connectivity index (χ1) is 22.5. The second kappa shape index (κ2) is 15.0. The van der Waals surface area contributed by atoms with Crippen LogP contribution in [0.5, 0.6) is 11.5 Å². The first-order valence-electron chi connectivity index (χ1n) is 15.5. The molecule has 0 radical (unpaired) electrons. The Hall–Kier alpha value is -4.05. The Morgan fingerprint density at radius 2 is 1.65 bits per heavy atom. The molecule has 1 fully saturated rings. The molecule has 238 valence electrons. The van der Waals surface area contributed by atoms with Gasteiger partial charge in [-0.05, 0) is 52.9 Å². The van der Waals surface area contributed by atoms with Crippen LogP contribution in [0.4, 0.5) is 5.82 Å². The molecule has 0 aliphatic carbocycles. The number of benzene rings is 3. The molecular formula is C36H38ClN5O3S. The molecule has 2 aliphatic rings. The van der Waals surface area contributed by atoms with Gasteiger partial charge in [0.2, 0.25) is 0 Å². The van der Waals surface area contributed by atoms with E-state index in [2.05, 4.69) is 45.1 Å². The van der Waals surface area contributed by atoms with Crippen LogP contribution in [-0.4, -0.2) is 79.2 Å².